The third-order valence-electron chi connectivity index (χ3n) is 4.57. The molecule has 0 bridgehead atoms. The minimum Gasteiger partial charge on any atom is -0.348 e. The molecular formula is C20H20N4O. The average Bonchev–Trinajstić information content (AvgIpc) is 3.10. The van der Waals surface area contributed by atoms with Gasteiger partial charge in [-0.2, -0.15) is 0 Å². The quantitative estimate of drug-likeness (QED) is 0.775. The lowest BCUT2D eigenvalue weighted by Gasteiger charge is -2.37. The van der Waals surface area contributed by atoms with E-state index in [1.807, 2.05) is 60.5 Å². The molecule has 3 aromatic rings. The molecule has 4 rings (SSSR count). The highest BCUT2D eigenvalue weighted by Gasteiger charge is 2.32. The molecule has 5 nitrogen and oxygen atoms in total. The van der Waals surface area contributed by atoms with Gasteiger partial charge in [0, 0.05) is 43.1 Å². The van der Waals surface area contributed by atoms with Crippen LogP contribution in [-0.2, 0) is 6.54 Å². The Balaban J connectivity index is 1.66. The fourth-order valence-corrected chi connectivity index (χ4v) is 3.41. The van der Waals surface area contributed by atoms with Crippen LogP contribution in [0.1, 0.15) is 22.9 Å². The summed E-state index contributed by atoms with van der Waals surface area (Å²) < 4.78 is 2.20. The number of urea groups is 1. The minimum atomic E-state index is -0.137. The molecule has 0 radical (unpaired) electrons. The second-order valence-corrected chi connectivity index (χ2v) is 6.31. The topological polar surface area (TPSA) is 50.2 Å². The predicted octanol–water partition coefficient (Wildman–Crippen LogP) is 3.83. The molecule has 2 amide bonds. The van der Waals surface area contributed by atoms with Gasteiger partial charge in [0.2, 0.25) is 0 Å². The molecule has 0 aliphatic carbocycles. The van der Waals surface area contributed by atoms with Crippen LogP contribution in [-0.4, -0.2) is 27.0 Å². The van der Waals surface area contributed by atoms with Crippen molar-refractivity contribution in [2.75, 3.05) is 11.9 Å². The molecule has 0 saturated carbocycles. The van der Waals surface area contributed by atoms with Crippen molar-refractivity contribution < 1.29 is 4.79 Å². The lowest BCUT2D eigenvalue weighted by Crippen LogP contribution is -2.44. The summed E-state index contributed by atoms with van der Waals surface area (Å²) in [7, 11) is 0. The van der Waals surface area contributed by atoms with Gasteiger partial charge >= 0.3 is 6.03 Å². The largest absolute Gasteiger partial charge is 0.348 e. The maximum atomic E-state index is 13.0. The first-order valence-corrected chi connectivity index (χ1v) is 8.41. The minimum absolute atomic E-state index is 0.0908. The molecule has 0 spiro atoms. The summed E-state index contributed by atoms with van der Waals surface area (Å²) in [4.78, 5) is 19.1. The van der Waals surface area contributed by atoms with Crippen molar-refractivity contribution in [3.05, 3.63) is 83.9 Å². The standard InChI is InChI=1S/C20H20N4O/c1-15-5-2-7-17(13-15)22-20(25)24-12-11-23-10-4-8-18(23)19(24)16-6-3-9-21-14-16/h2-10,13-14,19H,11-12H2,1H3,(H,22,25)/t19-/m0/s1. The highest BCUT2D eigenvalue weighted by Crippen LogP contribution is 2.32. The van der Waals surface area contributed by atoms with Crippen LogP contribution in [0.3, 0.4) is 0 Å². The molecule has 5 heteroatoms. The van der Waals surface area contributed by atoms with Crippen LogP contribution in [0.25, 0.3) is 0 Å². The third kappa shape index (κ3) is 3.01. The lowest BCUT2D eigenvalue weighted by molar-refractivity contribution is 0.181. The second kappa shape index (κ2) is 6.43. The molecule has 3 heterocycles. The van der Waals surface area contributed by atoms with Crippen LogP contribution >= 0.6 is 0 Å². The van der Waals surface area contributed by atoms with Crippen molar-refractivity contribution in [1.29, 1.82) is 0 Å². The van der Waals surface area contributed by atoms with E-state index in [-0.39, 0.29) is 12.1 Å². The normalized spacial score (nSPS) is 16.4. The number of nitrogens with zero attached hydrogens (tertiary/aromatic N) is 3. The monoisotopic (exact) mass is 332 g/mol. The number of anilines is 1. The van der Waals surface area contributed by atoms with E-state index in [1.54, 1.807) is 6.20 Å². The number of fused-ring (bicyclic) bond motifs is 1. The van der Waals surface area contributed by atoms with E-state index in [4.69, 9.17) is 0 Å². The highest BCUT2D eigenvalue weighted by molar-refractivity contribution is 5.90. The number of pyridine rings is 1. The molecule has 0 unspecified atom stereocenters. The first-order valence-electron chi connectivity index (χ1n) is 8.41. The number of nitrogens with one attached hydrogen (secondary N) is 1. The van der Waals surface area contributed by atoms with E-state index < -0.39 is 0 Å². The van der Waals surface area contributed by atoms with Crippen molar-refractivity contribution in [2.24, 2.45) is 0 Å². The molecule has 1 N–H and O–H groups in total. The summed E-state index contributed by atoms with van der Waals surface area (Å²) in [6.07, 6.45) is 5.65. The van der Waals surface area contributed by atoms with Crippen LogP contribution in [0.2, 0.25) is 0 Å². The summed E-state index contributed by atoms with van der Waals surface area (Å²) in [6.45, 7) is 3.46. The molecule has 1 atom stereocenters. The number of carbonyl (C=O) groups excluding carboxylic acids is 1. The van der Waals surface area contributed by atoms with Crippen LogP contribution in [0.5, 0.6) is 0 Å². The van der Waals surface area contributed by atoms with E-state index in [0.717, 1.165) is 29.1 Å². The third-order valence-corrected chi connectivity index (χ3v) is 4.57. The lowest BCUT2D eigenvalue weighted by atomic mass is 10.0. The fraction of sp³-hybridized carbons (Fsp3) is 0.200. The number of hydrogen-bond donors (Lipinski definition) is 1. The zero-order valence-corrected chi connectivity index (χ0v) is 14.1. The number of carbonyl (C=O) groups is 1. The number of aryl methyl sites for hydroxylation is 1. The van der Waals surface area contributed by atoms with Crippen LogP contribution in [0.15, 0.2) is 67.1 Å². The molecule has 25 heavy (non-hydrogen) atoms. The number of hydrogen-bond acceptors (Lipinski definition) is 2. The zero-order chi connectivity index (χ0) is 17.2. The summed E-state index contributed by atoms with van der Waals surface area (Å²) in [5.41, 5.74) is 4.06. The average molecular weight is 332 g/mol. The predicted molar refractivity (Wildman–Crippen MR) is 97.4 cm³/mol. The maximum Gasteiger partial charge on any atom is 0.322 e. The van der Waals surface area contributed by atoms with Gasteiger partial charge in [0.25, 0.3) is 0 Å². The van der Waals surface area contributed by atoms with Gasteiger partial charge in [-0.15, -0.1) is 0 Å². The van der Waals surface area contributed by atoms with Gasteiger partial charge in [-0.3, -0.25) is 4.98 Å². The second-order valence-electron chi connectivity index (χ2n) is 6.31. The highest BCUT2D eigenvalue weighted by atomic mass is 16.2. The van der Waals surface area contributed by atoms with Crippen molar-refractivity contribution in [2.45, 2.75) is 19.5 Å². The van der Waals surface area contributed by atoms with Crippen molar-refractivity contribution >= 4 is 11.7 Å². The van der Waals surface area contributed by atoms with E-state index >= 15 is 0 Å². The molecule has 2 aromatic heterocycles. The van der Waals surface area contributed by atoms with Gasteiger partial charge in [-0.05, 0) is 48.4 Å². The summed E-state index contributed by atoms with van der Waals surface area (Å²) in [5, 5.41) is 3.03. The number of aromatic nitrogens is 2. The molecule has 0 saturated heterocycles. The fourth-order valence-electron chi connectivity index (χ4n) is 3.41. The smallest absolute Gasteiger partial charge is 0.322 e. The number of amides is 2. The first-order chi connectivity index (χ1) is 12.2. The van der Waals surface area contributed by atoms with Crippen LogP contribution in [0, 0.1) is 6.92 Å². The Bertz CT molecular complexity index is 887. The van der Waals surface area contributed by atoms with Crippen molar-refractivity contribution in [3.8, 4) is 0 Å². The Morgan fingerprint density at radius 3 is 2.88 bits per heavy atom. The van der Waals surface area contributed by atoms with Crippen molar-refractivity contribution in [1.82, 2.24) is 14.5 Å². The van der Waals surface area contributed by atoms with Gasteiger partial charge in [-0.1, -0.05) is 18.2 Å². The Kier molecular flexibility index (Phi) is 3.98. The maximum absolute atomic E-state index is 13.0. The summed E-state index contributed by atoms with van der Waals surface area (Å²) in [6, 6.07) is 15.7. The van der Waals surface area contributed by atoms with E-state index in [1.165, 1.54) is 0 Å². The van der Waals surface area contributed by atoms with Gasteiger partial charge in [0.15, 0.2) is 0 Å². The van der Waals surface area contributed by atoms with Crippen LogP contribution in [0.4, 0.5) is 10.5 Å². The van der Waals surface area contributed by atoms with Gasteiger partial charge < -0.3 is 14.8 Å². The van der Waals surface area contributed by atoms with Gasteiger partial charge in [-0.25, -0.2) is 4.79 Å². The SMILES string of the molecule is Cc1cccc(NC(=O)N2CCn3cccc3[C@@H]2c2cccnc2)c1. The Morgan fingerprint density at radius 1 is 1.16 bits per heavy atom. The molecule has 1 aromatic carbocycles. The summed E-state index contributed by atoms with van der Waals surface area (Å²) >= 11 is 0. The first kappa shape index (κ1) is 15.4. The Labute approximate surface area is 146 Å². The van der Waals surface area contributed by atoms with E-state index in [9.17, 15) is 4.79 Å². The van der Waals surface area contributed by atoms with Gasteiger partial charge in [0.1, 0.15) is 6.04 Å². The number of benzene rings is 1. The summed E-state index contributed by atoms with van der Waals surface area (Å²) in [5.74, 6) is 0. The van der Waals surface area contributed by atoms with E-state index in [0.29, 0.717) is 6.54 Å². The zero-order valence-electron chi connectivity index (χ0n) is 14.1. The molecule has 1 aliphatic rings. The van der Waals surface area contributed by atoms with Gasteiger partial charge in [0.05, 0.1) is 0 Å². The molecule has 0 fully saturated rings. The number of rotatable bonds is 2. The van der Waals surface area contributed by atoms with E-state index in [2.05, 4.69) is 27.1 Å². The van der Waals surface area contributed by atoms with Crippen LogP contribution < -0.4 is 5.32 Å². The molecule has 1 aliphatic heterocycles. The molecular weight excluding hydrogens is 312 g/mol. The Hall–Kier alpha value is -3.08. The Morgan fingerprint density at radius 2 is 2.08 bits per heavy atom. The van der Waals surface area contributed by atoms with Crippen molar-refractivity contribution in [3.63, 3.8) is 0 Å². The molecule has 126 valence electrons.